The number of tetrazole rings is 1. The Balaban J connectivity index is 1.44. The number of hydrogen-bond donors (Lipinski definition) is 1. The Morgan fingerprint density at radius 1 is 1.18 bits per heavy atom. The number of ketones is 1. The number of halogens is 1. The number of carbonyl (C=O) groups is 2. The zero-order chi connectivity index (χ0) is 23.9. The SMILES string of the molecule is Cc1nc(C(=O)N[C@@H](Cc2ccccc2)C(=O)CCCc2cc(Cl)ccc2-n2cnnn2)cs1. The smallest absolute Gasteiger partial charge is 0.271 e. The number of thiazole rings is 1. The fraction of sp³-hybridized carbons (Fsp3) is 0.250. The van der Waals surface area contributed by atoms with Crippen molar-refractivity contribution in [2.24, 2.45) is 0 Å². The number of hydrogen-bond acceptors (Lipinski definition) is 7. The maximum atomic E-state index is 13.2. The fourth-order valence-electron chi connectivity index (χ4n) is 3.67. The molecule has 0 spiro atoms. The Morgan fingerprint density at radius 3 is 2.71 bits per heavy atom. The van der Waals surface area contributed by atoms with Gasteiger partial charge in [-0.05, 0) is 65.9 Å². The quantitative estimate of drug-likeness (QED) is 0.357. The molecule has 1 amide bonds. The monoisotopic (exact) mass is 494 g/mol. The average Bonchev–Trinajstić information content (AvgIpc) is 3.51. The first-order chi connectivity index (χ1) is 16.5. The van der Waals surface area contributed by atoms with Gasteiger partial charge in [0.1, 0.15) is 12.0 Å². The van der Waals surface area contributed by atoms with Crippen molar-refractivity contribution < 1.29 is 9.59 Å². The third-order valence-electron chi connectivity index (χ3n) is 5.33. The van der Waals surface area contributed by atoms with E-state index in [0.29, 0.717) is 36.4 Å². The predicted molar refractivity (Wildman–Crippen MR) is 130 cm³/mol. The van der Waals surface area contributed by atoms with Crippen molar-refractivity contribution in [3.8, 4) is 5.69 Å². The number of aromatic nitrogens is 5. The van der Waals surface area contributed by atoms with Gasteiger partial charge in [-0.15, -0.1) is 16.4 Å². The summed E-state index contributed by atoms with van der Waals surface area (Å²) >= 11 is 7.60. The highest BCUT2D eigenvalue weighted by Crippen LogP contribution is 2.21. The number of rotatable bonds is 10. The van der Waals surface area contributed by atoms with E-state index in [1.54, 1.807) is 16.1 Å². The molecule has 174 valence electrons. The van der Waals surface area contributed by atoms with Crippen LogP contribution in [-0.4, -0.2) is 42.9 Å². The van der Waals surface area contributed by atoms with Crippen LogP contribution in [0.3, 0.4) is 0 Å². The van der Waals surface area contributed by atoms with Crippen LogP contribution in [0.15, 0.2) is 60.2 Å². The van der Waals surface area contributed by atoms with Crippen molar-refractivity contribution in [3.63, 3.8) is 0 Å². The Kier molecular flexibility index (Phi) is 7.76. The van der Waals surface area contributed by atoms with Crippen molar-refractivity contribution >= 4 is 34.6 Å². The lowest BCUT2D eigenvalue weighted by atomic mass is 9.97. The van der Waals surface area contributed by atoms with E-state index in [9.17, 15) is 9.59 Å². The van der Waals surface area contributed by atoms with Crippen molar-refractivity contribution in [2.45, 2.75) is 38.6 Å². The molecule has 1 N–H and O–H groups in total. The lowest BCUT2D eigenvalue weighted by Crippen LogP contribution is -2.42. The second-order valence-electron chi connectivity index (χ2n) is 7.81. The van der Waals surface area contributed by atoms with Gasteiger partial charge in [-0.3, -0.25) is 9.59 Å². The standard InChI is InChI=1S/C24H23ClN6O2S/c1-16-27-21(14-34-16)24(33)28-20(12-17-6-3-2-4-7-17)23(32)9-5-8-18-13-19(25)10-11-22(18)31-15-26-29-30-31/h2-4,6-7,10-11,13-15,20H,5,8-9,12H2,1H3,(H,28,33)/t20-/m0/s1. The topological polar surface area (TPSA) is 103 Å². The summed E-state index contributed by atoms with van der Waals surface area (Å²) < 4.78 is 1.57. The zero-order valence-corrected chi connectivity index (χ0v) is 20.1. The molecule has 0 aliphatic rings. The number of nitrogens with zero attached hydrogens (tertiary/aromatic N) is 5. The first kappa shape index (κ1) is 23.7. The second-order valence-corrected chi connectivity index (χ2v) is 9.31. The molecule has 0 fully saturated rings. The molecule has 34 heavy (non-hydrogen) atoms. The van der Waals surface area contributed by atoms with E-state index in [-0.39, 0.29) is 11.7 Å². The van der Waals surface area contributed by atoms with Gasteiger partial charge in [0.2, 0.25) is 0 Å². The van der Waals surface area contributed by atoms with Crippen molar-refractivity contribution in [1.82, 2.24) is 30.5 Å². The van der Waals surface area contributed by atoms with Crippen LogP contribution in [-0.2, 0) is 17.6 Å². The summed E-state index contributed by atoms with van der Waals surface area (Å²) in [5.41, 5.74) is 3.06. The minimum Gasteiger partial charge on any atom is -0.341 e. The molecule has 4 rings (SSSR count). The van der Waals surface area contributed by atoms with Crippen LogP contribution >= 0.6 is 22.9 Å². The highest BCUT2D eigenvalue weighted by atomic mass is 35.5. The molecule has 0 saturated carbocycles. The maximum Gasteiger partial charge on any atom is 0.271 e. The minimum atomic E-state index is -0.643. The molecule has 0 saturated heterocycles. The van der Waals surface area contributed by atoms with Crippen LogP contribution in [0.1, 0.15) is 39.5 Å². The third-order valence-corrected chi connectivity index (χ3v) is 6.34. The number of nitrogens with one attached hydrogen (secondary N) is 1. The van der Waals surface area contributed by atoms with Crippen molar-refractivity contribution in [2.75, 3.05) is 0 Å². The molecule has 10 heteroatoms. The Bertz CT molecular complexity index is 1260. The van der Waals surface area contributed by atoms with E-state index in [2.05, 4.69) is 25.8 Å². The average molecular weight is 495 g/mol. The molecule has 0 bridgehead atoms. The molecule has 4 aromatic rings. The molecular formula is C24H23ClN6O2S. The lowest BCUT2D eigenvalue weighted by Gasteiger charge is -2.18. The van der Waals surface area contributed by atoms with Gasteiger partial charge in [0.15, 0.2) is 5.78 Å². The number of aryl methyl sites for hydroxylation is 2. The van der Waals surface area contributed by atoms with Crippen LogP contribution in [0.25, 0.3) is 5.69 Å². The van der Waals surface area contributed by atoms with E-state index >= 15 is 0 Å². The van der Waals surface area contributed by atoms with Crippen molar-refractivity contribution in [1.29, 1.82) is 0 Å². The summed E-state index contributed by atoms with van der Waals surface area (Å²) in [6.45, 7) is 1.84. The summed E-state index contributed by atoms with van der Waals surface area (Å²) in [5.74, 6) is -0.371. The van der Waals surface area contributed by atoms with E-state index in [1.165, 1.54) is 17.7 Å². The summed E-state index contributed by atoms with van der Waals surface area (Å²) in [6, 6.07) is 14.5. The first-order valence-corrected chi connectivity index (χ1v) is 12.1. The third kappa shape index (κ3) is 6.12. The summed E-state index contributed by atoms with van der Waals surface area (Å²) in [4.78, 5) is 30.1. The van der Waals surface area contributed by atoms with Gasteiger partial charge in [-0.1, -0.05) is 41.9 Å². The van der Waals surface area contributed by atoms with E-state index in [1.807, 2.05) is 49.4 Å². The van der Waals surface area contributed by atoms with E-state index < -0.39 is 6.04 Å². The lowest BCUT2D eigenvalue weighted by molar-refractivity contribution is -0.121. The van der Waals surface area contributed by atoms with E-state index in [4.69, 9.17) is 11.6 Å². The predicted octanol–water partition coefficient (Wildman–Crippen LogP) is 4.01. The van der Waals surface area contributed by atoms with E-state index in [0.717, 1.165) is 21.8 Å². The van der Waals surface area contributed by atoms with Crippen LogP contribution in [0.2, 0.25) is 5.02 Å². The van der Waals surface area contributed by atoms with Gasteiger partial charge in [0.25, 0.3) is 5.91 Å². The largest absolute Gasteiger partial charge is 0.341 e. The molecule has 0 unspecified atom stereocenters. The second kappa shape index (κ2) is 11.1. The van der Waals surface area contributed by atoms with Gasteiger partial charge in [-0.25, -0.2) is 9.67 Å². The number of amides is 1. The maximum absolute atomic E-state index is 13.2. The molecule has 2 aromatic carbocycles. The number of benzene rings is 2. The molecule has 2 heterocycles. The summed E-state index contributed by atoms with van der Waals surface area (Å²) in [7, 11) is 0. The van der Waals surface area contributed by atoms with Gasteiger partial charge in [0.05, 0.1) is 16.7 Å². The highest BCUT2D eigenvalue weighted by Gasteiger charge is 2.23. The highest BCUT2D eigenvalue weighted by molar-refractivity contribution is 7.09. The van der Waals surface area contributed by atoms with Crippen molar-refractivity contribution in [3.05, 3.63) is 87.1 Å². The molecule has 2 aromatic heterocycles. The molecular weight excluding hydrogens is 472 g/mol. The Hall–Kier alpha value is -3.43. The number of carbonyl (C=O) groups excluding carboxylic acids is 2. The van der Waals surface area contributed by atoms with Crippen LogP contribution in [0.5, 0.6) is 0 Å². The molecule has 0 radical (unpaired) electrons. The van der Waals surface area contributed by atoms with Gasteiger partial charge >= 0.3 is 0 Å². The fourth-order valence-corrected chi connectivity index (χ4v) is 4.46. The van der Waals surface area contributed by atoms with Gasteiger partial charge in [-0.2, -0.15) is 0 Å². The normalized spacial score (nSPS) is 11.8. The molecule has 0 aliphatic carbocycles. The number of Topliss-reactive ketones (excluding diaryl/α,β-unsaturated/α-hetero) is 1. The van der Waals surface area contributed by atoms with Gasteiger partial charge in [0, 0.05) is 16.8 Å². The Labute approximate surface area is 206 Å². The first-order valence-electron chi connectivity index (χ1n) is 10.8. The van der Waals surface area contributed by atoms with Crippen LogP contribution < -0.4 is 5.32 Å². The molecule has 1 atom stereocenters. The van der Waals surface area contributed by atoms with Crippen LogP contribution in [0, 0.1) is 6.92 Å². The molecule has 8 nitrogen and oxygen atoms in total. The van der Waals surface area contributed by atoms with Gasteiger partial charge < -0.3 is 5.32 Å². The molecule has 0 aliphatic heterocycles. The zero-order valence-electron chi connectivity index (χ0n) is 18.5. The van der Waals surface area contributed by atoms with Crippen LogP contribution in [0.4, 0.5) is 0 Å². The Morgan fingerprint density at radius 2 is 2.00 bits per heavy atom. The summed E-state index contributed by atoms with van der Waals surface area (Å²) in [6.07, 6.45) is 3.44. The summed E-state index contributed by atoms with van der Waals surface area (Å²) in [5, 5.41) is 17.3. The minimum absolute atomic E-state index is 0.0323.